The van der Waals surface area contributed by atoms with Crippen LogP contribution in [0.2, 0.25) is 5.02 Å². The average molecular weight is 259 g/mol. The Morgan fingerprint density at radius 1 is 1.22 bits per heavy atom. The van der Waals surface area contributed by atoms with Crippen molar-refractivity contribution in [3.63, 3.8) is 0 Å². The number of nitrogens with one attached hydrogen (secondary N) is 1. The summed E-state index contributed by atoms with van der Waals surface area (Å²) in [5.74, 6) is 0. The number of pyridine rings is 1. The quantitative estimate of drug-likeness (QED) is 0.801. The molecule has 2 nitrogen and oxygen atoms in total. The molecule has 1 aromatic carbocycles. The van der Waals surface area contributed by atoms with Gasteiger partial charge in [-0.1, -0.05) is 23.7 Å². The van der Waals surface area contributed by atoms with Gasteiger partial charge in [0.2, 0.25) is 0 Å². The lowest BCUT2D eigenvalue weighted by Crippen LogP contribution is -2.11. The van der Waals surface area contributed by atoms with E-state index >= 15 is 0 Å². The van der Waals surface area contributed by atoms with E-state index in [0.717, 1.165) is 22.8 Å². The van der Waals surface area contributed by atoms with E-state index in [9.17, 15) is 0 Å². The summed E-state index contributed by atoms with van der Waals surface area (Å²) >= 11 is 5.87. The molecular formula is C15H15ClN2. The van der Waals surface area contributed by atoms with Crippen LogP contribution in [0.25, 0.3) is 0 Å². The van der Waals surface area contributed by atoms with Crippen LogP contribution in [0.1, 0.15) is 18.2 Å². The summed E-state index contributed by atoms with van der Waals surface area (Å²) in [4.78, 5) is 4.38. The highest BCUT2D eigenvalue weighted by Crippen LogP contribution is 2.22. The molecular weight excluding hydrogens is 244 g/mol. The number of halogens is 1. The van der Waals surface area contributed by atoms with Gasteiger partial charge in [-0.25, -0.2) is 0 Å². The van der Waals surface area contributed by atoms with Crippen LogP contribution in [0.15, 0.2) is 61.3 Å². The maximum absolute atomic E-state index is 5.87. The predicted molar refractivity (Wildman–Crippen MR) is 76.9 cm³/mol. The molecule has 0 radical (unpaired) electrons. The van der Waals surface area contributed by atoms with Gasteiger partial charge in [-0.05, 0) is 42.8 Å². The predicted octanol–water partition coefficient (Wildman–Crippen LogP) is 4.46. The second-order valence-corrected chi connectivity index (χ2v) is 4.42. The molecule has 92 valence electrons. The van der Waals surface area contributed by atoms with Gasteiger partial charge in [0.15, 0.2) is 0 Å². The van der Waals surface area contributed by atoms with E-state index in [1.165, 1.54) is 0 Å². The Morgan fingerprint density at radius 3 is 2.61 bits per heavy atom. The third-order valence-electron chi connectivity index (χ3n) is 2.63. The second kappa shape index (κ2) is 6.22. The minimum atomic E-state index is 0.130. The van der Waals surface area contributed by atoms with Crippen molar-refractivity contribution < 1.29 is 0 Å². The molecule has 0 aliphatic rings. The molecule has 3 heteroatoms. The van der Waals surface area contributed by atoms with Gasteiger partial charge >= 0.3 is 0 Å². The first-order chi connectivity index (χ1) is 8.79. The topological polar surface area (TPSA) is 24.9 Å². The molecule has 0 fully saturated rings. The zero-order chi connectivity index (χ0) is 12.8. The van der Waals surface area contributed by atoms with Gasteiger partial charge in [-0.2, -0.15) is 0 Å². The number of benzene rings is 1. The smallest absolute Gasteiger partial charge is 0.0719 e. The molecule has 0 spiro atoms. The Labute approximate surface area is 112 Å². The van der Waals surface area contributed by atoms with Gasteiger partial charge in [0.05, 0.1) is 11.7 Å². The van der Waals surface area contributed by atoms with Crippen molar-refractivity contribution in [2.75, 3.05) is 5.32 Å². The van der Waals surface area contributed by atoms with Gasteiger partial charge in [0.25, 0.3) is 0 Å². The van der Waals surface area contributed by atoms with Gasteiger partial charge in [0, 0.05) is 16.9 Å². The fourth-order valence-electron chi connectivity index (χ4n) is 1.75. The summed E-state index contributed by atoms with van der Waals surface area (Å²) in [6.45, 7) is 3.79. The van der Waals surface area contributed by atoms with Crippen LogP contribution in [0, 0.1) is 0 Å². The standard InChI is InChI=1S/C15H15ClN2/c1-2-5-15(14-6-3-4-11-17-14)18-13-9-7-12(16)8-10-13/h2-4,6-11,15,18H,1,5H2. The normalized spacial score (nSPS) is 11.8. The lowest BCUT2D eigenvalue weighted by molar-refractivity contribution is 0.766. The Kier molecular flexibility index (Phi) is 4.37. The Hall–Kier alpha value is -1.80. The maximum Gasteiger partial charge on any atom is 0.0719 e. The van der Waals surface area contributed by atoms with Crippen LogP contribution in [-0.2, 0) is 0 Å². The van der Waals surface area contributed by atoms with Crippen molar-refractivity contribution in [1.82, 2.24) is 4.98 Å². The summed E-state index contributed by atoms with van der Waals surface area (Å²) in [5.41, 5.74) is 2.03. The van der Waals surface area contributed by atoms with Gasteiger partial charge in [0.1, 0.15) is 0 Å². The van der Waals surface area contributed by atoms with Crippen LogP contribution >= 0.6 is 11.6 Å². The third-order valence-corrected chi connectivity index (χ3v) is 2.88. The lowest BCUT2D eigenvalue weighted by atomic mass is 10.1. The summed E-state index contributed by atoms with van der Waals surface area (Å²) < 4.78 is 0. The number of anilines is 1. The first kappa shape index (κ1) is 12.7. The van der Waals surface area contributed by atoms with Crippen LogP contribution in [-0.4, -0.2) is 4.98 Å². The number of aromatic nitrogens is 1. The van der Waals surface area contributed by atoms with E-state index in [-0.39, 0.29) is 6.04 Å². The molecule has 18 heavy (non-hydrogen) atoms. The monoisotopic (exact) mass is 258 g/mol. The van der Waals surface area contributed by atoms with Crippen molar-refractivity contribution >= 4 is 17.3 Å². The zero-order valence-electron chi connectivity index (χ0n) is 10.0. The fourth-order valence-corrected chi connectivity index (χ4v) is 1.88. The van der Waals surface area contributed by atoms with Crippen molar-refractivity contribution in [2.45, 2.75) is 12.5 Å². The molecule has 1 atom stereocenters. The number of hydrogen-bond donors (Lipinski definition) is 1. The summed E-state index contributed by atoms with van der Waals surface area (Å²) in [6, 6.07) is 13.7. The largest absolute Gasteiger partial charge is 0.376 e. The first-order valence-corrected chi connectivity index (χ1v) is 6.21. The summed E-state index contributed by atoms with van der Waals surface area (Å²) in [7, 11) is 0. The van der Waals surface area contributed by atoms with E-state index in [1.807, 2.05) is 48.5 Å². The average Bonchev–Trinajstić information content (AvgIpc) is 2.42. The zero-order valence-corrected chi connectivity index (χ0v) is 10.8. The van der Waals surface area contributed by atoms with Crippen LogP contribution in [0.4, 0.5) is 5.69 Å². The molecule has 0 saturated carbocycles. The third kappa shape index (κ3) is 3.34. The SMILES string of the molecule is C=CCC(Nc1ccc(Cl)cc1)c1ccccn1. The van der Waals surface area contributed by atoms with Gasteiger partial charge < -0.3 is 5.32 Å². The highest BCUT2D eigenvalue weighted by atomic mass is 35.5. The highest BCUT2D eigenvalue weighted by molar-refractivity contribution is 6.30. The number of rotatable bonds is 5. The summed E-state index contributed by atoms with van der Waals surface area (Å²) in [5, 5.41) is 4.17. The molecule has 0 amide bonds. The van der Waals surface area contributed by atoms with E-state index in [2.05, 4.69) is 16.9 Å². The second-order valence-electron chi connectivity index (χ2n) is 3.98. The minimum Gasteiger partial charge on any atom is -0.376 e. The van der Waals surface area contributed by atoms with Crippen molar-refractivity contribution in [3.8, 4) is 0 Å². The van der Waals surface area contributed by atoms with E-state index in [0.29, 0.717) is 0 Å². The van der Waals surface area contributed by atoms with Crippen molar-refractivity contribution in [2.24, 2.45) is 0 Å². The minimum absolute atomic E-state index is 0.130. The van der Waals surface area contributed by atoms with Gasteiger partial charge in [-0.15, -0.1) is 6.58 Å². The molecule has 0 aliphatic carbocycles. The molecule has 1 unspecified atom stereocenters. The van der Waals surface area contributed by atoms with Crippen LogP contribution in [0.5, 0.6) is 0 Å². The van der Waals surface area contributed by atoms with Crippen LogP contribution < -0.4 is 5.32 Å². The Morgan fingerprint density at radius 2 is 2.00 bits per heavy atom. The molecule has 2 rings (SSSR count). The van der Waals surface area contributed by atoms with Gasteiger partial charge in [-0.3, -0.25) is 4.98 Å². The molecule has 1 heterocycles. The van der Waals surface area contributed by atoms with E-state index in [4.69, 9.17) is 11.6 Å². The van der Waals surface area contributed by atoms with Crippen molar-refractivity contribution in [1.29, 1.82) is 0 Å². The Balaban J connectivity index is 2.16. The molecule has 0 aliphatic heterocycles. The fraction of sp³-hybridized carbons (Fsp3) is 0.133. The molecule has 1 aromatic heterocycles. The Bertz CT molecular complexity index is 494. The summed E-state index contributed by atoms with van der Waals surface area (Å²) in [6.07, 6.45) is 4.51. The number of hydrogen-bond acceptors (Lipinski definition) is 2. The molecule has 0 saturated heterocycles. The van der Waals surface area contributed by atoms with Crippen LogP contribution in [0.3, 0.4) is 0 Å². The first-order valence-electron chi connectivity index (χ1n) is 5.83. The van der Waals surface area contributed by atoms with Crippen molar-refractivity contribution in [3.05, 3.63) is 72.0 Å². The maximum atomic E-state index is 5.87. The van der Waals surface area contributed by atoms with E-state index in [1.54, 1.807) is 6.20 Å². The molecule has 2 aromatic rings. The number of nitrogens with zero attached hydrogens (tertiary/aromatic N) is 1. The lowest BCUT2D eigenvalue weighted by Gasteiger charge is -2.18. The highest BCUT2D eigenvalue weighted by Gasteiger charge is 2.10. The molecule has 0 bridgehead atoms. The molecule has 1 N–H and O–H groups in total. The van der Waals surface area contributed by atoms with E-state index < -0.39 is 0 Å².